The standard InChI is InChI=1S/C15H26N2O5/c1-5-17-9-10(8-12(17)18)13(19)16-11(14(20)21)6-7-22-15(2,3)4/h10-11H,5-9H2,1-4H3,(H,16,19)(H,20,21). The number of carbonyl (C=O) groups excluding carboxylic acids is 2. The van der Waals surface area contributed by atoms with Crippen LogP contribution in [0.25, 0.3) is 0 Å². The molecule has 0 spiro atoms. The zero-order valence-corrected chi connectivity index (χ0v) is 13.7. The van der Waals surface area contributed by atoms with E-state index in [2.05, 4.69) is 5.32 Å². The minimum atomic E-state index is -1.09. The average Bonchev–Trinajstić information content (AvgIpc) is 2.77. The van der Waals surface area contributed by atoms with Crippen molar-refractivity contribution in [1.29, 1.82) is 0 Å². The average molecular weight is 314 g/mol. The summed E-state index contributed by atoms with van der Waals surface area (Å²) in [6, 6.07) is -0.999. The van der Waals surface area contributed by atoms with Gasteiger partial charge in [-0.3, -0.25) is 9.59 Å². The van der Waals surface area contributed by atoms with Crippen LogP contribution in [0.3, 0.4) is 0 Å². The van der Waals surface area contributed by atoms with Gasteiger partial charge in [0.2, 0.25) is 11.8 Å². The normalized spacial score (nSPS) is 20.1. The number of carbonyl (C=O) groups is 3. The Morgan fingerprint density at radius 1 is 1.45 bits per heavy atom. The van der Waals surface area contributed by atoms with Gasteiger partial charge in [-0.1, -0.05) is 0 Å². The second kappa shape index (κ2) is 7.58. The lowest BCUT2D eigenvalue weighted by Crippen LogP contribution is -2.45. The Labute approximate surface area is 131 Å². The van der Waals surface area contributed by atoms with Crippen LogP contribution in [-0.2, 0) is 19.1 Å². The molecule has 22 heavy (non-hydrogen) atoms. The van der Waals surface area contributed by atoms with E-state index in [9.17, 15) is 19.5 Å². The van der Waals surface area contributed by atoms with Crippen LogP contribution in [0.4, 0.5) is 0 Å². The molecule has 1 fully saturated rings. The molecule has 0 aromatic carbocycles. The lowest BCUT2D eigenvalue weighted by molar-refractivity contribution is -0.143. The predicted molar refractivity (Wildman–Crippen MR) is 80.2 cm³/mol. The van der Waals surface area contributed by atoms with Crippen LogP contribution in [0.1, 0.15) is 40.5 Å². The van der Waals surface area contributed by atoms with Crippen LogP contribution in [0.5, 0.6) is 0 Å². The van der Waals surface area contributed by atoms with Crippen molar-refractivity contribution >= 4 is 17.8 Å². The second-order valence-electron chi connectivity index (χ2n) is 6.48. The van der Waals surface area contributed by atoms with Gasteiger partial charge in [-0.2, -0.15) is 0 Å². The first-order valence-electron chi connectivity index (χ1n) is 7.59. The van der Waals surface area contributed by atoms with E-state index in [-0.39, 0.29) is 36.9 Å². The molecule has 7 heteroatoms. The number of rotatable bonds is 7. The molecule has 0 saturated carbocycles. The maximum atomic E-state index is 12.1. The number of carboxylic acid groups (broad SMARTS) is 1. The Kier molecular flexibility index (Phi) is 6.34. The minimum Gasteiger partial charge on any atom is -0.480 e. The fourth-order valence-electron chi connectivity index (χ4n) is 2.28. The monoisotopic (exact) mass is 314 g/mol. The van der Waals surface area contributed by atoms with Gasteiger partial charge in [0.1, 0.15) is 6.04 Å². The van der Waals surface area contributed by atoms with E-state index < -0.39 is 17.9 Å². The Morgan fingerprint density at radius 2 is 2.09 bits per heavy atom. The first kappa shape index (κ1) is 18.4. The number of aliphatic carboxylic acids is 1. The number of ether oxygens (including phenoxy) is 1. The van der Waals surface area contributed by atoms with Gasteiger partial charge in [0.15, 0.2) is 0 Å². The lowest BCUT2D eigenvalue weighted by Gasteiger charge is -2.22. The molecule has 0 bridgehead atoms. The highest BCUT2D eigenvalue weighted by molar-refractivity contribution is 5.91. The smallest absolute Gasteiger partial charge is 0.326 e. The zero-order chi connectivity index (χ0) is 16.9. The molecule has 0 aliphatic carbocycles. The molecule has 7 nitrogen and oxygen atoms in total. The minimum absolute atomic E-state index is 0.0643. The van der Waals surface area contributed by atoms with Crippen LogP contribution < -0.4 is 5.32 Å². The molecule has 2 unspecified atom stereocenters. The molecule has 0 aromatic heterocycles. The van der Waals surface area contributed by atoms with Gasteiger partial charge in [-0.25, -0.2) is 4.79 Å². The number of likely N-dealkylation sites (tertiary alicyclic amines) is 1. The summed E-state index contributed by atoms with van der Waals surface area (Å²) in [5.74, 6) is -2.02. The van der Waals surface area contributed by atoms with Crippen molar-refractivity contribution < 1.29 is 24.2 Å². The van der Waals surface area contributed by atoms with Crippen molar-refractivity contribution in [1.82, 2.24) is 10.2 Å². The highest BCUT2D eigenvalue weighted by Gasteiger charge is 2.35. The van der Waals surface area contributed by atoms with Crippen molar-refractivity contribution in [3.05, 3.63) is 0 Å². The molecule has 2 N–H and O–H groups in total. The molecule has 0 aromatic rings. The molecule has 2 atom stereocenters. The number of carboxylic acids is 1. The molecular formula is C15H26N2O5. The summed E-state index contributed by atoms with van der Waals surface area (Å²) >= 11 is 0. The third-order valence-electron chi connectivity index (χ3n) is 3.52. The van der Waals surface area contributed by atoms with Gasteiger partial charge in [0, 0.05) is 32.5 Å². The second-order valence-corrected chi connectivity index (χ2v) is 6.48. The first-order chi connectivity index (χ1) is 10.1. The molecular weight excluding hydrogens is 288 g/mol. The van der Waals surface area contributed by atoms with Crippen molar-refractivity contribution in [3.8, 4) is 0 Å². The molecule has 2 amide bonds. The Bertz CT molecular complexity index is 430. The SMILES string of the molecule is CCN1CC(C(=O)NC(CCOC(C)(C)C)C(=O)O)CC1=O. The van der Waals surface area contributed by atoms with E-state index in [0.29, 0.717) is 13.1 Å². The molecule has 1 aliphatic rings. The highest BCUT2D eigenvalue weighted by Crippen LogP contribution is 2.18. The molecule has 1 rings (SSSR count). The summed E-state index contributed by atoms with van der Waals surface area (Å²) < 4.78 is 5.49. The van der Waals surface area contributed by atoms with Gasteiger partial charge in [-0.05, 0) is 27.7 Å². The third-order valence-corrected chi connectivity index (χ3v) is 3.52. The van der Waals surface area contributed by atoms with Gasteiger partial charge < -0.3 is 20.1 Å². The molecule has 1 saturated heterocycles. The van der Waals surface area contributed by atoms with Gasteiger partial charge >= 0.3 is 5.97 Å². The van der Waals surface area contributed by atoms with Crippen molar-refractivity contribution in [3.63, 3.8) is 0 Å². The fourth-order valence-corrected chi connectivity index (χ4v) is 2.28. The molecule has 0 radical (unpaired) electrons. The maximum absolute atomic E-state index is 12.1. The number of hydrogen-bond donors (Lipinski definition) is 2. The summed E-state index contributed by atoms with van der Waals surface area (Å²) in [6.45, 7) is 8.64. The predicted octanol–water partition coefficient (Wildman–Crippen LogP) is 0.629. The van der Waals surface area contributed by atoms with E-state index in [1.54, 1.807) is 4.90 Å². The van der Waals surface area contributed by atoms with Crippen molar-refractivity contribution in [2.45, 2.75) is 52.2 Å². The van der Waals surface area contributed by atoms with Gasteiger partial charge in [0.05, 0.1) is 11.5 Å². The van der Waals surface area contributed by atoms with E-state index >= 15 is 0 Å². The van der Waals surface area contributed by atoms with Crippen molar-refractivity contribution in [2.24, 2.45) is 5.92 Å². The van der Waals surface area contributed by atoms with E-state index in [1.807, 2.05) is 27.7 Å². The summed E-state index contributed by atoms with van der Waals surface area (Å²) in [5.41, 5.74) is -0.355. The summed E-state index contributed by atoms with van der Waals surface area (Å²) in [7, 11) is 0. The third kappa shape index (κ3) is 5.63. The van der Waals surface area contributed by atoms with E-state index in [4.69, 9.17) is 4.74 Å². The van der Waals surface area contributed by atoms with E-state index in [1.165, 1.54) is 0 Å². The van der Waals surface area contributed by atoms with Crippen molar-refractivity contribution in [2.75, 3.05) is 19.7 Å². The summed E-state index contributed by atoms with van der Waals surface area (Å²) in [5, 5.41) is 11.7. The topological polar surface area (TPSA) is 95.9 Å². The summed E-state index contributed by atoms with van der Waals surface area (Å²) in [6.07, 6.45) is 0.334. The molecule has 126 valence electrons. The molecule has 1 aliphatic heterocycles. The van der Waals surface area contributed by atoms with E-state index in [0.717, 1.165) is 0 Å². The number of nitrogens with zero attached hydrogens (tertiary/aromatic N) is 1. The fraction of sp³-hybridized carbons (Fsp3) is 0.800. The Hall–Kier alpha value is -1.63. The lowest BCUT2D eigenvalue weighted by atomic mass is 10.1. The number of hydrogen-bond acceptors (Lipinski definition) is 4. The van der Waals surface area contributed by atoms with Crippen LogP contribution in [0.15, 0.2) is 0 Å². The molecule has 1 heterocycles. The maximum Gasteiger partial charge on any atom is 0.326 e. The Balaban J connectivity index is 2.51. The quantitative estimate of drug-likeness (QED) is 0.718. The van der Waals surface area contributed by atoms with Crippen LogP contribution in [-0.4, -0.2) is 59.1 Å². The Morgan fingerprint density at radius 3 is 2.55 bits per heavy atom. The van der Waals surface area contributed by atoms with Crippen LogP contribution in [0, 0.1) is 5.92 Å². The zero-order valence-electron chi connectivity index (χ0n) is 13.7. The van der Waals surface area contributed by atoms with Gasteiger partial charge in [0.25, 0.3) is 0 Å². The van der Waals surface area contributed by atoms with Gasteiger partial charge in [-0.15, -0.1) is 0 Å². The largest absolute Gasteiger partial charge is 0.480 e. The highest BCUT2D eigenvalue weighted by atomic mass is 16.5. The number of nitrogens with one attached hydrogen (secondary N) is 1. The van der Waals surface area contributed by atoms with Crippen LogP contribution in [0.2, 0.25) is 0 Å². The first-order valence-corrected chi connectivity index (χ1v) is 7.59. The van der Waals surface area contributed by atoms with Crippen LogP contribution >= 0.6 is 0 Å². The summed E-state index contributed by atoms with van der Waals surface area (Å²) in [4.78, 5) is 36.6. The number of amides is 2.